The number of carboxylic acids is 1. The Balaban J connectivity index is 1.87. The summed E-state index contributed by atoms with van der Waals surface area (Å²) in [6, 6.07) is 11.2. The summed E-state index contributed by atoms with van der Waals surface area (Å²) in [6.45, 7) is -0.178. The van der Waals surface area contributed by atoms with E-state index in [0.29, 0.717) is 5.56 Å². The number of halogens is 1. The van der Waals surface area contributed by atoms with E-state index < -0.39 is 28.7 Å². The summed E-state index contributed by atoms with van der Waals surface area (Å²) in [4.78, 5) is 49.7. The molecule has 10 heteroatoms. The first-order valence-electron chi connectivity index (χ1n) is 8.62. The largest absolute Gasteiger partial charge is 0.480 e. The maximum absolute atomic E-state index is 12.7. The number of carboxylic acid groups (broad SMARTS) is 1. The average Bonchev–Trinajstić information content (AvgIpc) is 2.69. The zero-order chi connectivity index (χ0) is 21.1. The Morgan fingerprint density at radius 3 is 2.45 bits per heavy atom. The first-order valence-corrected chi connectivity index (χ1v) is 9.00. The summed E-state index contributed by atoms with van der Waals surface area (Å²) in [5.74, 6) is -3.31. The average molecular weight is 418 g/mol. The van der Waals surface area contributed by atoms with Gasteiger partial charge in [0.15, 0.2) is 0 Å². The first kappa shape index (κ1) is 20.3. The quantitative estimate of drug-likeness (QED) is 0.436. The molecule has 0 aliphatic carbocycles. The molecule has 2 aromatic carbocycles. The Kier molecular flexibility index (Phi) is 5.79. The molecule has 0 unspecified atom stereocenters. The summed E-state index contributed by atoms with van der Waals surface area (Å²) in [5.41, 5.74) is 0.228. The molecule has 9 nitrogen and oxygen atoms in total. The van der Waals surface area contributed by atoms with Gasteiger partial charge in [0.25, 0.3) is 5.69 Å². The lowest BCUT2D eigenvalue weighted by atomic mass is 10.0. The van der Waals surface area contributed by atoms with Crippen molar-refractivity contribution in [3.8, 4) is 0 Å². The van der Waals surface area contributed by atoms with Crippen LogP contribution in [0.2, 0.25) is 5.02 Å². The Morgan fingerprint density at radius 1 is 1.14 bits per heavy atom. The van der Waals surface area contributed by atoms with Gasteiger partial charge in [-0.25, -0.2) is 4.79 Å². The fraction of sp³-hybridized carbons (Fsp3) is 0.211. The van der Waals surface area contributed by atoms with Crippen molar-refractivity contribution in [2.24, 2.45) is 0 Å². The SMILES string of the molecule is O=C(O)[C@H](Cc1ccccc1)N1CCN(c2cc(Cl)ccc2[N+](=O)[O-])C(=O)C1=O. The second-order valence-corrected chi connectivity index (χ2v) is 6.83. The van der Waals surface area contributed by atoms with Crippen LogP contribution in [0.25, 0.3) is 0 Å². The van der Waals surface area contributed by atoms with Gasteiger partial charge in [-0.2, -0.15) is 0 Å². The number of nitrogens with zero attached hydrogens (tertiary/aromatic N) is 3. The van der Waals surface area contributed by atoms with E-state index in [4.69, 9.17) is 11.6 Å². The van der Waals surface area contributed by atoms with Crippen LogP contribution in [0.1, 0.15) is 5.56 Å². The Labute approximate surface area is 170 Å². The maximum Gasteiger partial charge on any atom is 0.326 e. The van der Waals surface area contributed by atoms with Crippen LogP contribution in [0.15, 0.2) is 48.5 Å². The van der Waals surface area contributed by atoms with E-state index in [9.17, 15) is 29.6 Å². The second kappa shape index (κ2) is 8.27. The third-order valence-electron chi connectivity index (χ3n) is 4.61. The van der Waals surface area contributed by atoms with Gasteiger partial charge in [-0.15, -0.1) is 0 Å². The van der Waals surface area contributed by atoms with Crippen molar-refractivity contribution in [3.63, 3.8) is 0 Å². The lowest BCUT2D eigenvalue weighted by molar-refractivity contribution is -0.384. The fourth-order valence-electron chi connectivity index (χ4n) is 3.21. The molecular weight excluding hydrogens is 402 g/mol. The van der Waals surface area contributed by atoms with Crippen LogP contribution in [0.5, 0.6) is 0 Å². The summed E-state index contributed by atoms with van der Waals surface area (Å²) < 4.78 is 0. The zero-order valence-corrected chi connectivity index (χ0v) is 15.8. The number of amides is 2. The van der Waals surface area contributed by atoms with Gasteiger partial charge in [0.1, 0.15) is 11.7 Å². The van der Waals surface area contributed by atoms with Crippen molar-refractivity contribution in [2.45, 2.75) is 12.5 Å². The molecule has 1 fully saturated rings. The number of carbonyl (C=O) groups excluding carboxylic acids is 2. The van der Waals surface area contributed by atoms with Crippen LogP contribution < -0.4 is 4.90 Å². The molecule has 1 N–H and O–H groups in total. The smallest absolute Gasteiger partial charge is 0.326 e. The van der Waals surface area contributed by atoms with Crippen LogP contribution in [-0.4, -0.2) is 51.8 Å². The van der Waals surface area contributed by atoms with E-state index in [0.717, 1.165) is 15.9 Å². The maximum atomic E-state index is 12.7. The summed E-state index contributed by atoms with van der Waals surface area (Å²) in [7, 11) is 0. The minimum absolute atomic E-state index is 0.0342. The fourth-order valence-corrected chi connectivity index (χ4v) is 3.38. The number of benzene rings is 2. The summed E-state index contributed by atoms with van der Waals surface area (Å²) in [6.07, 6.45) is 0.0342. The second-order valence-electron chi connectivity index (χ2n) is 6.39. The molecule has 1 saturated heterocycles. The Bertz CT molecular complexity index is 981. The van der Waals surface area contributed by atoms with E-state index in [1.54, 1.807) is 30.3 Å². The molecule has 0 spiro atoms. The highest BCUT2D eigenvalue weighted by molar-refractivity contribution is 6.41. The van der Waals surface area contributed by atoms with Crippen molar-refractivity contribution >= 4 is 40.8 Å². The molecule has 0 radical (unpaired) electrons. The topological polar surface area (TPSA) is 121 Å². The number of piperazine rings is 1. The van der Waals surface area contributed by atoms with Crippen LogP contribution in [0, 0.1) is 10.1 Å². The molecular formula is C19H16ClN3O6. The van der Waals surface area contributed by atoms with Gasteiger partial charge in [0, 0.05) is 30.6 Å². The Hall–Kier alpha value is -3.46. The molecule has 0 bridgehead atoms. The molecule has 2 aromatic rings. The van der Waals surface area contributed by atoms with Gasteiger partial charge < -0.3 is 10.0 Å². The van der Waals surface area contributed by atoms with Gasteiger partial charge >= 0.3 is 17.8 Å². The van der Waals surface area contributed by atoms with E-state index in [1.807, 2.05) is 0 Å². The lowest BCUT2D eigenvalue weighted by Crippen LogP contribution is -2.59. The summed E-state index contributed by atoms with van der Waals surface area (Å²) in [5, 5.41) is 21.0. The highest BCUT2D eigenvalue weighted by atomic mass is 35.5. The normalized spacial score (nSPS) is 15.3. The lowest BCUT2D eigenvalue weighted by Gasteiger charge is -2.36. The number of rotatable bonds is 6. The number of anilines is 1. The van der Waals surface area contributed by atoms with Crippen LogP contribution in [-0.2, 0) is 20.8 Å². The number of carbonyl (C=O) groups is 3. The van der Waals surface area contributed by atoms with Gasteiger partial charge in [-0.1, -0.05) is 41.9 Å². The van der Waals surface area contributed by atoms with E-state index in [-0.39, 0.29) is 35.9 Å². The third kappa shape index (κ3) is 4.19. The van der Waals surface area contributed by atoms with Crippen LogP contribution in [0.3, 0.4) is 0 Å². The third-order valence-corrected chi connectivity index (χ3v) is 4.85. The highest BCUT2D eigenvalue weighted by Crippen LogP contribution is 2.32. The molecule has 1 heterocycles. The van der Waals surface area contributed by atoms with Crippen LogP contribution >= 0.6 is 11.6 Å². The number of hydrogen-bond donors (Lipinski definition) is 1. The molecule has 1 atom stereocenters. The van der Waals surface area contributed by atoms with Crippen molar-refractivity contribution < 1.29 is 24.4 Å². The van der Waals surface area contributed by atoms with Crippen molar-refractivity contribution in [2.75, 3.05) is 18.0 Å². The first-order chi connectivity index (χ1) is 13.8. The van der Waals surface area contributed by atoms with E-state index in [2.05, 4.69) is 0 Å². The van der Waals surface area contributed by atoms with Gasteiger partial charge in [-0.3, -0.25) is 24.6 Å². The van der Waals surface area contributed by atoms with E-state index in [1.165, 1.54) is 12.1 Å². The zero-order valence-electron chi connectivity index (χ0n) is 15.0. The molecule has 1 aliphatic rings. The summed E-state index contributed by atoms with van der Waals surface area (Å²) >= 11 is 5.90. The van der Waals surface area contributed by atoms with Crippen molar-refractivity contribution in [1.82, 2.24) is 4.90 Å². The van der Waals surface area contributed by atoms with Crippen molar-refractivity contribution in [3.05, 3.63) is 69.2 Å². The number of nitro groups is 1. The predicted molar refractivity (Wildman–Crippen MR) is 104 cm³/mol. The molecule has 29 heavy (non-hydrogen) atoms. The van der Waals surface area contributed by atoms with Crippen molar-refractivity contribution in [1.29, 1.82) is 0 Å². The van der Waals surface area contributed by atoms with E-state index >= 15 is 0 Å². The number of hydrogen-bond acceptors (Lipinski definition) is 5. The minimum atomic E-state index is -1.24. The molecule has 0 aromatic heterocycles. The number of nitro benzene ring substituents is 1. The molecule has 1 aliphatic heterocycles. The van der Waals surface area contributed by atoms with Gasteiger partial charge in [0.2, 0.25) is 0 Å². The molecule has 0 saturated carbocycles. The number of aliphatic carboxylic acids is 1. The molecule has 150 valence electrons. The minimum Gasteiger partial charge on any atom is -0.480 e. The van der Waals surface area contributed by atoms with Gasteiger partial charge in [-0.05, 0) is 17.7 Å². The molecule has 2 amide bonds. The molecule has 3 rings (SSSR count). The highest BCUT2D eigenvalue weighted by Gasteiger charge is 2.41. The van der Waals surface area contributed by atoms with Gasteiger partial charge in [0.05, 0.1) is 4.92 Å². The van der Waals surface area contributed by atoms with Crippen LogP contribution in [0.4, 0.5) is 11.4 Å². The predicted octanol–water partition coefficient (Wildman–Crippen LogP) is 2.12. The Morgan fingerprint density at radius 2 is 1.83 bits per heavy atom. The standard InChI is InChI=1S/C19H16ClN3O6/c20-13-6-7-14(23(28)29)15(11-13)21-8-9-22(18(25)17(21)24)16(19(26)27)10-12-4-2-1-3-5-12/h1-7,11,16H,8-10H2,(H,26,27)/t16-/m0/s1. The monoisotopic (exact) mass is 417 g/mol.